The summed E-state index contributed by atoms with van der Waals surface area (Å²) < 4.78 is 13.9. The minimum Gasteiger partial charge on any atom is -0.508 e. The Morgan fingerprint density at radius 3 is 2.52 bits per heavy atom. The summed E-state index contributed by atoms with van der Waals surface area (Å²) in [5.41, 5.74) is 1.87. The van der Waals surface area contributed by atoms with Crippen LogP contribution in [0.15, 0.2) is 72.8 Å². The lowest BCUT2D eigenvalue weighted by molar-refractivity contribution is -0.127. The summed E-state index contributed by atoms with van der Waals surface area (Å²) >= 11 is 0. The maximum Gasteiger partial charge on any atom is 0.250 e. The van der Waals surface area contributed by atoms with Crippen LogP contribution in [-0.2, 0) is 10.3 Å². The molecule has 2 saturated heterocycles. The molecule has 0 unspecified atom stereocenters. The molecular formula is C27H23FN2O3. The van der Waals surface area contributed by atoms with Crippen LogP contribution in [0.1, 0.15) is 40.2 Å². The van der Waals surface area contributed by atoms with Crippen molar-refractivity contribution in [3.63, 3.8) is 0 Å². The highest BCUT2D eigenvalue weighted by atomic mass is 19.1. The Labute approximate surface area is 190 Å². The third-order valence-corrected chi connectivity index (χ3v) is 7.59. The van der Waals surface area contributed by atoms with Crippen molar-refractivity contribution in [3.05, 3.63) is 95.3 Å². The van der Waals surface area contributed by atoms with E-state index in [-0.39, 0.29) is 29.3 Å². The Morgan fingerprint density at radius 2 is 1.76 bits per heavy atom. The van der Waals surface area contributed by atoms with E-state index >= 15 is 0 Å². The topological polar surface area (TPSA) is 69.6 Å². The van der Waals surface area contributed by atoms with Crippen LogP contribution in [0.3, 0.4) is 0 Å². The number of carbonyl (C=O) groups excluding carboxylic acids is 2. The third-order valence-electron chi connectivity index (χ3n) is 7.59. The molecule has 3 aliphatic rings. The number of fused-ring (bicyclic) bond motifs is 4. The van der Waals surface area contributed by atoms with Gasteiger partial charge in [0.15, 0.2) is 5.78 Å². The van der Waals surface area contributed by atoms with Crippen LogP contribution >= 0.6 is 0 Å². The van der Waals surface area contributed by atoms with E-state index < -0.39 is 17.4 Å². The van der Waals surface area contributed by atoms with Gasteiger partial charge < -0.3 is 10.4 Å². The van der Waals surface area contributed by atoms with Gasteiger partial charge in [-0.3, -0.25) is 14.5 Å². The first-order valence-electron chi connectivity index (χ1n) is 11.3. The molecule has 0 radical (unpaired) electrons. The summed E-state index contributed by atoms with van der Waals surface area (Å²) in [6.45, 7) is 0.712. The number of rotatable bonds is 3. The lowest BCUT2D eigenvalue weighted by Crippen LogP contribution is -2.50. The number of halogens is 1. The van der Waals surface area contributed by atoms with Crippen molar-refractivity contribution in [2.75, 3.05) is 11.9 Å². The number of anilines is 1. The predicted molar refractivity (Wildman–Crippen MR) is 122 cm³/mol. The van der Waals surface area contributed by atoms with E-state index in [2.05, 4.69) is 10.2 Å². The minimum absolute atomic E-state index is 0.0599. The number of hydrogen-bond acceptors (Lipinski definition) is 4. The number of carbonyl (C=O) groups is 2. The van der Waals surface area contributed by atoms with Crippen molar-refractivity contribution in [3.8, 4) is 5.75 Å². The monoisotopic (exact) mass is 442 g/mol. The molecule has 0 saturated carbocycles. The fourth-order valence-corrected chi connectivity index (χ4v) is 6.39. The lowest BCUT2D eigenvalue weighted by Gasteiger charge is -2.37. The van der Waals surface area contributed by atoms with Gasteiger partial charge in [-0.1, -0.05) is 30.3 Å². The zero-order chi connectivity index (χ0) is 22.7. The normalized spacial score (nSPS) is 28.0. The van der Waals surface area contributed by atoms with Crippen molar-refractivity contribution in [2.45, 2.75) is 30.3 Å². The summed E-state index contributed by atoms with van der Waals surface area (Å²) in [5.74, 6) is -1.42. The first-order valence-corrected chi connectivity index (χ1v) is 11.3. The number of ketones is 1. The van der Waals surface area contributed by atoms with E-state index in [1.807, 2.05) is 24.3 Å². The van der Waals surface area contributed by atoms with E-state index in [4.69, 9.17) is 0 Å². The Hall–Kier alpha value is -3.51. The summed E-state index contributed by atoms with van der Waals surface area (Å²) in [5, 5.41) is 12.8. The first kappa shape index (κ1) is 20.1. The molecule has 6 rings (SSSR count). The predicted octanol–water partition coefficient (Wildman–Crippen LogP) is 4.44. The lowest BCUT2D eigenvalue weighted by atomic mass is 9.69. The second kappa shape index (κ2) is 7.25. The van der Waals surface area contributed by atoms with Crippen molar-refractivity contribution in [2.24, 2.45) is 5.92 Å². The van der Waals surface area contributed by atoms with Crippen LogP contribution in [-0.4, -0.2) is 34.3 Å². The molecule has 2 fully saturated rings. The average Bonchev–Trinajstić information content (AvgIpc) is 3.48. The van der Waals surface area contributed by atoms with Gasteiger partial charge in [-0.15, -0.1) is 0 Å². The van der Waals surface area contributed by atoms with E-state index in [0.717, 1.165) is 29.7 Å². The molecule has 6 heteroatoms. The number of nitrogens with zero attached hydrogens (tertiary/aromatic N) is 1. The number of phenols is 1. The number of phenolic OH excluding ortho intramolecular Hbond substituents is 1. The summed E-state index contributed by atoms with van der Waals surface area (Å²) in [6, 6.07) is 20.0. The molecule has 3 heterocycles. The van der Waals surface area contributed by atoms with Crippen molar-refractivity contribution < 1.29 is 19.1 Å². The van der Waals surface area contributed by atoms with E-state index in [0.29, 0.717) is 12.1 Å². The quantitative estimate of drug-likeness (QED) is 0.589. The van der Waals surface area contributed by atoms with E-state index in [1.54, 1.807) is 24.3 Å². The smallest absolute Gasteiger partial charge is 0.250 e. The molecular weight excluding hydrogens is 419 g/mol. The van der Waals surface area contributed by atoms with Crippen LogP contribution < -0.4 is 5.32 Å². The standard InChI is InChI=1S/C27H23FN2O3/c28-18-11-7-16(8-12-18)24-23(25(32)17-9-13-19(31)14-10-17)22-6-3-15-30(22)27(24)20-4-1-2-5-21(20)29-26(27)33/h1-2,4-5,7-14,22-24,31H,3,6,15H2,(H,29,33)/t22-,23+,24-,27+/m0/s1. The second-order valence-corrected chi connectivity index (χ2v) is 9.14. The number of amides is 1. The highest BCUT2D eigenvalue weighted by Crippen LogP contribution is 2.61. The molecule has 33 heavy (non-hydrogen) atoms. The summed E-state index contributed by atoms with van der Waals surface area (Å²) in [7, 11) is 0. The van der Waals surface area contributed by atoms with Gasteiger partial charge in [-0.2, -0.15) is 0 Å². The molecule has 166 valence electrons. The number of hydrogen-bond donors (Lipinski definition) is 2. The maximum absolute atomic E-state index is 14.0. The van der Waals surface area contributed by atoms with Crippen LogP contribution in [0.4, 0.5) is 10.1 Å². The number of Topliss-reactive ketones (excluding diaryl/α,β-unsaturated/α-hetero) is 1. The molecule has 5 nitrogen and oxygen atoms in total. The van der Waals surface area contributed by atoms with Crippen molar-refractivity contribution >= 4 is 17.4 Å². The van der Waals surface area contributed by atoms with Crippen LogP contribution in [0.5, 0.6) is 5.75 Å². The Kier molecular flexibility index (Phi) is 4.42. The van der Waals surface area contributed by atoms with Gasteiger partial charge in [0.1, 0.15) is 17.1 Å². The Bertz CT molecular complexity index is 1260. The van der Waals surface area contributed by atoms with Gasteiger partial charge in [0.2, 0.25) is 5.91 Å². The third kappa shape index (κ3) is 2.74. The molecule has 3 aromatic rings. The Morgan fingerprint density at radius 1 is 1.03 bits per heavy atom. The fraction of sp³-hybridized carbons (Fsp3) is 0.259. The fourth-order valence-electron chi connectivity index (χ4n) is 6.39. The molecule has 2 N–H and O–H groups in total. The highest BCUT2D eigenvalue weighted by Gasteiger charge is 2.68. The van der Waals surface area contributed by atoms with Gasteiger partial charge >= 0.3 is 0 Å². The highest BCUT2D eigenvalue weighted by molar-refractivity contribution is 6.09. The molecule has 3 aliphatic heterocycles. The zero-order valence-electron chi connectivity index (χ0n) is 17.9. The van der Waals surface area contributed by atoms with Crippen LogP contribution in [0.25, 0.3) is 0 Å². The molecule has 0 aromatic heterocycles. The number of para-hydroxylation sites is 1. The van der Waals surface area contributed by atoms with Crippen molar-refractivity contribution in [1.29, 1.82) is 0 Å². The Balaban J connectivity index is 1.59. The van der Waals surface area contributed by atoms with Gasteiger partial charge in [0.25, 0.3) is 0 Å². The molecule has 1 spiro atoms. The van der Waals surface area contributed by atoms with Gasteiger partial charge in [0, 0.05) is 34.7 Å². The molecule has 0 aliphatic carbocycles. The van der Waals surface area contributed by atoms with Gasteiger partial charge in [-0.25, -0.2) is 4.39 Å². The molecule has 0 bridgehead atoms. The molecule has 1 amide bonds. The second-order valence-electron chi connectivity index (χ2n) is 9.14. The van der Waals surface area contributed by atoms with Gasteiger partial charge in [0.05, 0.1) is 0 Å². The largest absolute Gasteiger partial charge is 0.508 e. The zero-order valence-corrected chi connectivity index (χ0v) is 17.9. The summed E-state index contributed by atoms with van der Waals surface area (Å²) in [4.78, 5) is 30.0. The maximum atomic E-state index is 14.0. The number of benzene rings is 3. The summed E-state index contributed by atoms with van der Waals surface area (Å²) in [6.07, 6.45) is 1.71. The minimum atomic E-state index is -1.03. The molecule has 3 aromatic carbocycles. The van der Waals surface area contributed by atoms with Crippen LogP contribution in [0, 0.1) is 11.7 Å². The number of nitrogens with one attached hydrogen (secondary N) is 1. The van der Waals surface area contributed by atoms with Crippen LogP contribution in [0.2, 0.25) is 0 Å². The van der Waals surface area contributed by atoms with Crippen molar-refractivity contribution in [1.82, 2.24) is 4.90 Å². The van der Waals surface area contributed by atoms with Gasteiger partial charge in [-0.05, 0) is 67.4 Å². The average molecular weight is 442 g/mol. The first-order chi connectivity index (χ1) is 16.0. The SMILES string of the molecule is O=C(c1ccc(O)cc1)[C@@H]1[C@@H]2CCCN2[C@@]2(C(=O)Nc3ccccc32)[C@H]1c1ccc(F)cc1. The van der Waals surface area contributed by atoms with E-state index in [1.165, 1.54) is 24.3 Å². The number of aromatic hydroxyl groups is 1. The molecule has 4 atom stereocenters. The van der Waals surface area contributed by atoms with E-state index in [9.17, 15) is 19.1 Å².